The topological polar surface area (TPSA) is 38.3 Å². The van der Waals surface area contributed by atoms with Crippen LogP contribution in [-0.4, -0.2) is 12.5 Å². The van der Waals surface area contributed by atoms with Crippen molar-refractivity contribution in [1.82, 2.24) is 0 Å². The summed E-state index contributed by atoms with van der Waals surface area (Å²) < 4.78 is 5.38. The Labute approximate surface area is 144 Å². The van der Waals surface area contributed by atoms with Crippen molar-refractivity contribution in [2.45, 2.75) is 13.8 Å². The molecule has 0 aromatic heterocycles. The van der Waals surface area contributed by atoms with Crippen molar-refractivity contribution in [2.75, 3.05) is 11.9 Å². The maximum atomic E-state index is 12.0. The number of aryl methyl sites for hydroxylation is 2. The Kier molecular flexibility index (Phi) is 5.57. The van der Waals surface area contributed by atoms with Crippen LogP contribution in [0.1, 0.15) is 11.1 Å². The van der Waals surface area contributed by atoms with E-state index in [1.54, 1.807) is 24.3 Å². The molecular weight excluding hydrogens is 345 g/mol. The number of amides is 1. The number of carbonyl (C=O) groups excluding carboxylic acids is 1. The first-order valence-electron chi connectivity index (χ1n) is 6.52. The average Bonchev–Trinajstić information content (AvgIpc) is 2.44. The minimum atomic E-state index is -0.329. The van der Waals surface area contributed by atoms with Crippen molar-refractivity contribution in [3.63, 3.8) is 0 Å². The van der Waals surface area contributed by atoms with Gasteiger partial charge in [0.1, 0.15) is 10.8 Å². The molecule has 1 N–H and O–H groups in total. The third kappa shape index (κ3) is 4.07. The van der Waals surface area contributed by atoms with Crippen LogP contribution in [-0.2, 0) is 4.79 Å². The summed E-state index contributed by atoms with van der Waals surface area (Å²) in [5.41, 5.74) is 2.50. The molecule has 0 aliphatic heterocycles. The first-order valence-corrected chi connectivity index (χ1v) is 7.65. The summed E-state index contributed by atoms with van der Waals surface area (Å²) in [5, 5.41) is 3.88. The molecule has 0 aliphatic rings. The number of anilines is 1. The van der Waals surface area contributed by atoms with E-state index in [9.17, 15) is 4.79 Å². The lowest BCUT2D eigenvalue weighted by molar-refractivity contribution is -0.118. The molecule has 22 heavy (non-hydrogen) atoms. The molecule has 0 fully saturated rings. The summed E-state index contributed by atoms with van der Waals surface area (Å²) >= 11 is 18.0. The van der Waals surface area contributed by atoms with Crippen LogP contribution in [0.2, 0.25) is 15.1 Å². The minimum Gasteiger partial charge on any atom is -0.482 e. The molecule has 0 radical (unpaired) electrons. The highest BCUT2D eigenvalue weighted by Crippen LogP contribution is 2.31. The van der Waals surface area contributed by atoms with E-state index in [1.807, 2.05) is 19.9 Å². The molecule has 0 unspecified atom stereocenters. The highest BCUT2D eigenvalue weighted by molar-refractivity contribution is 6.42. The zero-order valence-electron chi connectivity index (χ0n) is 12.0. The van der Waals surface area contributed by atoms with E-state index in [-0.39, 0.29) is 17.5 Å². The third-order valence-corrected chi connectivity index (χ3v) is 4.07. The Morgan fingerprint density at radius 2 is 1.86 bits per heavy atom. The predicted octanol–water partition coefficient (Wildman–Crippen LogP) is 5.28. The molecule has 0 atom stereocenters. The van der Waals surface area contributed by atoms with Crippen LogP contribution >= 0.6 is 34.8 Å². The summed E-state index contributed by atoms with van der Waals surface area (Å²) in [4.78, 5) is 12.0. The summed E-state index contributed by atoms with van der Waals surface area (Å²) in [6.07, 6.45) is 0. The first kappa shape index (κ1) is 16.9. The zero-order chi connectivity index (χ0) is 16.3. The molecule has 3 nitrogen and oxygen atoms in total. The lowest BCUT2D eigenvalue weighted by Crippen LogP contribution is -2.21. The smallest absolute Gasteiger partial charge is 0.262 e. The fraction of sp³-hybridized carbons (Fsp3) is 0.188. The Balaban J connectivity index is 2.04. The summed E-state index contributed by atoms with van der Waals surface area (Å²) in [6, 6.07) is 8.72. The summed E-state index contributed by atoms with van der Waals surface area (Å²) in [7, 11) is 0. The van der Waals surface area contributed by atoms with Crippen molar-refractivity contribution in [3.8, 4) is 5.75 Å². The molecule has 0 saturated carbocycles. The predicted molar refractivity (Wildman–Crippen MR) is 91.5 cm³/mol. The van der Waals surface area contributed by atoms with Crippen LogP contribution in [0.5, 0.6) is 5.75 Å². The number of hydrogen-bond acceptors (Lipinski definition) is 2. The van der Waals surface area contributed by atoms with Gasteiger partial charge in [-0.2, -0.15) is 0 Å². The Morgan fingerprint density at radius 1 is 1.14 bits per heavy atom. The highest BCUT2D eigenvalue weighted by Gasteiger charge is 2.12. The van der Waals surface area contributed by atoms with Gasteiger partial charge in [0.2, 0.25) is 0 Å². The van der Waals surface area contributed by atoms with Gasteiger partial charge in [-0.3, -0.25) is 4.79 Å². The maximum Gasteiger partial charge on any atom is 0.262 e. The van der Waals surface area contributed by atoms with Crippen LogP contribution in [0.3, 0.4) is 0 Å². The summed E-state index contributed by atoms with van der Waals surface area (Å²) in [6.45, 7) is 3.63. The fourth-order valence-corrected chi connectivity index (χ4v) is 2.70. The Hall–Kier alpha value is -1.42. The molecule has 1 amide bonds. The molecule has 2 rings (SSSR count). The quantitative estimate of drug-likeness (QED) is 0.807. The van der Waals surface area contributed by atoms with Crippen molar-refractivity contribution < 1.29 is 9.53 Å². The number of nitrogens with one attached hydrogen (secondary N) is 1. The zero-order valence-corrected chi connectivity index (χ0v) is 14.3. The van der Waals surface area contributed by atoms with Gasteiger partial charge in [-0.1, -0.05) is 46.9 Å². The summed E-state index contributed by atoms with van der Waals surface area (Å²) in [5.74, 6) is 0.0286. The Morgan fingerprint density at radius 3 is 2.55 bits per heavy atom. The molecular formula is C16H14Cl3NO2. The second-order valence-electron chi connectivity index (χ2n) is 4.83. The molecule has 0 spiro atoms. The number of rotatable bonds is 4. The average molecular weight is 359 g/mol. The van der Waals surface area contributed by atoms with Crippen molar-refractivity contribution >= 4 is 46.4 Å². The van der Waals surface area contributed by atoms with Gasteiger partial charge < -0.3 is 10.1 Å². The second kappa shape index (κ2) is 7.23. The van der Waals surface area contributed by atoms with E-state index in [2.05, 4.69) is 5.32 Å². The van der Waals surface area contributed by atoms with E-state index in [4.69, 9.17) is 39.5 Å². The molecule has 0 saturated heterocycles. The number of ether oxygens (including phenoxy) is 1. The molecule has 2 aromatic carbocycles. The number of hydrogen-bond donors (Lipinski definition) is 1. The fourth-order valence-electron chi connectivity index (χ4n) is 1.99. The number of halogens is 3. The van der Waals surface area contributed by atoms with Gasteiger partial charge in [0.25, 0.3) is 5.91 Å². The van der Waals surface area contributed by atoms with Crippen LogP contribution in [0.4, 0.5) is 5.69 Å². The van der Waals surface area contributed by atoms with Crippen molar-refractivity contribution in [1.29, 1.82) is 0 Å². The van der Waals surface area contributed by atoms with E-state index in [1.165, 1.54) is 0 Å². The van der Waals surface area contributed by atoms with E-state index < -0.39 is 0 Å². The highest BCUT2D eigenvalue weighted by atomic mass is 35.5. The van der Waals surface area contributed by atoms with Crippen molar-refractivity contribution in [2.24, 2.45) is 0 Å². The molecule has 116 valence electrons. The molecule has 6 heteroatoms. The molecule has 0 aliphatic carbocycles. The minimum absolute atomic E-state index is 0.191. The lowest BCUT2D eigenvalue weighted by atomic mass is 10.1. The molecule has 2 aromatic rings. The van der Waals surface area contributed by atoms with Gasteiger partial charge >= 0.3 is 0 Å². The van der Waals surface area contributed by atoms with Gasteiger partial charge in [0, 0.05) is 0 Å². The van der Waals surface area contributed by atoms with Crippen LogP contribution < -0.4 is 10.1 Å². The van der Waals surface area contributed by atoms with Gasteiger partial charge in [-0.15, -0.1) is 0 Å². The number of benzene rings is 2. The molecule has 0 heterocycles. The van der Waals surface area contributed by atoms with Gasteiger partial charge in [0.15, 0.2) is 6.61 Å². The SMILES string of the molecule is Cc1cc(C)c(NC(=O)COc2cccc(Cl)c2Cl)c(Cl)c1. The van der Waals surface area contributed by atoms with Crippen LogP contribution in [0.25, 0.3) is 0 Å². The van der Waals surface area contributed by atoms with Gasteiger partial charge in [-0.25, -0.2) is 0 Å². The maximum absolute atomic E-state index is 12.0. The van der Waals surface area contributed by atoms with E-state index in [0.29, 0.717) is 21.5 Å². The van der Waals surface area contributed by atoms with Gasteiger partial charge in [0.05, 0.1) is 15.7 Å². The van der Waals surface area contributed by atoms with Gasteiger partial charge in [-0.05, 0) is 43.2 Å². The third-order valence-electron chi connectivity index (χ3n) is 2.97. The monoisotopic (exact) mass is 357 g/mol. The largest absolute Gasteiger partial charge is 0.482 e. The van der Waals surface area contributed by atoms with Crippen LogP contribution in [0, 0.1) is 13.8 Å². The normalized spacial score (nSPS) is 10.4. The number of carbonyl (C=O) groups is 1. The van der Waals surface area contributed by atoms with Crippen molar-refractivity contribution in [3.05, 3.63) is 56.5 Å². The van der Waals surface area contributed by atoms with E-state index in [0.717, 1.165) is 11.1 Å². The second-order valence-corrected chi connectivity index (χ2v) is 6.02. The standard InChI is InChI=1S/C16H14Cl3NO2/c1-9-6-10(2)16(12(18)7-9)20-14(21)8-22-13-5-3-4-11(17)15(13)19/h3-7H,8H2,1-2H3,(H,20,21). The lowest BCUT2D eigenvalue weighted by Gasteiger charge is -2.13. The first-order chi connectivity index (χ1) is 10.4. The molecule has 0 bridgehead atoms. The Bertz CT molecular complexity index is 694. The van der Waals surface area contributed by atoms with Crippen LogP contribution in [0.15, 0.2) is 30.3 Å². The van der Waals surface area contributed by atoms with E-state index >= 15 is 0 Å².